The summed E-state index contributed by atoms with van der Waals surface area (Å²) in [6, 6.07) is 8.83. The lowest BCUT2D eigenvalue weighted by atomic mass is 10.1. The van der Waals surface area contributed by atoms with Crippen LogP contribution in [0.4, 0.5) is 5.69 Å². The van der Waals surface area contributed by atoms with Gasteiger partial charge in [-0.2, -0.15) is 0 Å². The molecule has 104 valence electrons. The molecule has 0 unspecified atom stereocenters. The first kappa shape index (κ1) is 14.0. The van der Waals surface area contributed by atoms with Gasteiger partial charge >= 0.3 is 0 Å². The molecule has 0 spiro atoms. The van der Waals surface area contributed by atoms with Gasteiger partial charge in [0, 0.05) is 18.5 Å². The van der Waals surface area contributed by atoms with Crippen LogP contribution in [0.1, 0.15) is 21.5 Å². The van der Waals surface area contributed by atoms with E-state index in [4.69, 9.17) is 5.11 Å². The number of rotatable bonds is 4. The zero-order chi connectivity index (χ0) is 14.5. The number of nitrogens with one attached hydrogen (secondary N) is 2. The first-order valence-electron chi connectivity index (χ1n) is 6.31. The molecule has 1 aromatic carbocycles. The third-order valence-electron chi connectivity index (χ3n) is 3.01. The number of amides is 1. The van der Waals surface area contributed by atoms with E-state index in [9.17, 15) is 9.59 Å². The standard InChI is InChI=1S/C15H16N2O3/c1-10-6-8-16-14(19)13(10)15(20)17-12-4-2-11(3-5-12)7-9-18/h2-6,8,18H,7,9H2,1H3,(H,16,19)(H,17,20). The number of H-pyrrole nitrogens is 1. The highest BCUT2D eigenvalue weighted by Crippen LogP contribution is 2.11. The third kappa shape index (κ3) is 3.13. The summed E-state index contributed by atoms with van der Waals surface area (Å²) < 4.78 is 0. The van der Waals surface area contributed by atoms with Gasteiger partial charge in [0.1, 0.15) is 5.56 Å². The van der Waals surface area contributed by atoms with Crippen molar-refractivity contribution in [3.8, 4) is 0 Å². The number of aromatic nitrogens is 1. The number of aromatic amines is 1. The van der Waals surface area contributed by atoms with Gasteiger partial charge in [-0.15, -0.1) is 0 Å². The molecule has 0 aliphatic carbocycles. The molecule has 0 saturated carbocycles. The van der Waals surface area contributed by atoms with Crippen LogP contribution < -0.4 is 10.9 Å². The summed E-state index contributed by atoms with van der Waals surface area (Å²) in [6.45, 7) is 1.80. The SMILES string of the molecule is Cc1cc[nH]c(=O)c1C(=O)Nc1ccc(CCO)cc1. The number of hydrogen-bond donors (Lipinski definition) is 3. The second-order valence-corrected chi connectivity index (χ2v) is 4.49. The number of carbonyl (C=O) groups excluding carboxylic acids is 1. The van der Waals surface area contributed by atoms with E-state index in [2.05, 4.69) is 10.3 Å². The van der Waals surface area contributed by atoms with E-state index in [0.29, 0.717) is 17.7 Å². The molecule has 0 saturated heterocycles. The van der Waals surface area contributed by atoms with Crippen LogP contribution in [-0.2, 0) is 6.42 Å². The molecule has 2 aromatic rings. The molecule has 0 aliphatic heterocycles. The van der Waals surface area contributed by atoms with E-state index >= 15 is 0 Å². The number of benzene rings is 1. The average molecular weight is 272 g/mol. The number of aliphatic hydroxyl groups excluding tert-OH is 1. The molecular formula is C15H16N2O3. The Morgan fingerprint density at radius 2 is 1.95 bits per heavy atom. The Kier molecular flexibility index (Phi) is 4.32. The zero-order valence-corrected chi connectivity index (χ0v) is 11.1. The maximum atomic E-state index is 12.1. The number of aliphatic hydroxyl groups is 1. The number of carbonyl (C=O) groups is 1. The van der Waals surface area contributed by atoms with Crippen LogP contribution in [0, 0.1) is 6.92 Å². The third-order valence-corrected chi connectivity index (χ3v) is 3.01. The lowest BCUT2D eigenvalue weighted by Crippen LogP contribution is -2.24. The molecule has 0 bridgehead atoms. The minimum Gasteiger partial charge on any atom is -0.396 e. The topological polar surface area (TPSA) is 82.2 Å². The van der Waals surface area contributed by atoms with Crippen molar-refractivity contribution in [3.05, 3.63) is 63.6 Å². The van der Waals surface area contributed by atoms with Crippen molar-refractivity contribution in [2.45, 2.75) is 13.3 Å². The fraction of sp³-hybridized carbons (Fsp3) is 0.200. The quantitative estimate of drug-likeness (QED) is 0.788. The van der Waals surface area contributed by atoms with Crippen molar-refractivity contribution in [3.63, 3.8) is 0 Å². The summed E-state index contributed by atoms with van der Waals surface area (Å²) in [7, 11) is 0. The Bertz CT molecular complexity index is 660. The normalized spacial score (nSPS) is 10.3. The highest BCUT2D eigenvalue weighted by atomic mass is 16.3. The Balaban J connectivity index is 2.17. The first-order chi connectivity index (χ1) is 9.61. The number of aryl methyl sites for hydroxylation is 1. The molecule has 2 rings (SSSR count). The summed E-state index contributed by atoms with van der Waals surface area (Å²) in [6.07, 6.45) is 2.09. The number of pyridine rings is 1. The van der Waals surface area contributed by atoms with E-state index in [0.717, 1.165) is 5.56 Å². The molecule has 5 nitrogen and oxygen atoms in total. The summed E-state index contributed by atoms with van der Waals surface area (Å²) in [5.74, 6) is -0.431. The summed E-state index contributed by atoms with van der Waals surface area (Å²) in [5, 5.41) is 11.5. The Hall–Kier alpha value is -2.40. The van der Waals surface area contributed by atoms with Crippen LogP contribution >= 0.6 is 0 Å². The molecule has 0 atom stereocenters. The van der Waals surface area contributed by atoms with Crippen LogP contribution in [0.15, 0.2) is 41.3 Å². The van der Waals surface area contributed by atoms with Crippen LogP contribution in [-0.4, -0.2) is 22.6 Å². The fourth-order valence-corrected chi connectivity index (χ4v) is 1.94. The van der Waals surface area contributed by atoms with Gasteiger partial charge in [0.25, 0.3) is 11.5 Å². The van der Waals surface area contributed by atoms with E-state index in [-0.39, 0.29) is 12.2 Å². The minimum atomic E-state index is -0.431. The van der Waals surface area contributed by atoms with E-state index in [1.165, 1.54) is 6.20 Å². The molecule has 0 fully saturated rings. The van der Waals surface area contributed by atoms with Gasteiger partial charge in [-0.05, 0) is 42.7 Å². The van der Waals surface area contributed by atoms with Crippen LogP contribution in [0.3, 0.4) is 0 Å². The number of hydrogen-bond acceptors (Lipinski definition) is 3. The van der Waals surface area contributed by atoms with Gasteiger partial charge in [-0.1, -0.05) is 12.1 Å². The Labute approximate surface area is 116 Å². The predicted molar refractivity (Wildman–Crippen MR) is 77.0 cm³/mol. The maximum absolute atomic E-state index is 12.1. The average Bonchev–Trinajstić information content (AvgIpc) is 2.41. The molecule has 20 heavy (non-hydrogen) atoms. The molecule has 0 radical (unpaired) electrons. The van der Waals surface area contributed by atoms with Gasteiger partial charge in [0.05, 0.1) is 0 Å². The highest BCUT2D eigenvalue weighted by molar-refractivity contribution is 6.04. The molecule has 5 heteroatoms. The monoisotopic (exact) mass is 272 g/mol. The van der Waals surface area contributed by atoms with Crippen molar-refractivity contribution in [2.24, 2.45) is 0 Å². The Morgan fingerprint density at radius 3 is 2.55 bits per heavy atom. The van der Waals surface area contributed by atoms with Crippen LogP contribution in [0.2, 0.25) is 0 Å². The van der Waals surface area contributed by atoms with E-state index < -0.39 is 11.5 Å². The minimum absolute atomic E-state index is 0.0876. The van der Waals surface area contributed by atoms with Crippen molar-refractivity contribution in [1.29, 1.82) is 0 Å². The first-order valence-corrected chi connectivity index (χ1v) is 6.31. The summed E-state index contributed by atoms with van der Waals surface area (Å²) in [5.41, 5.74) is 1.94. The number of anilines is 1. The van der Waals surface area contributed by atoms with Crippen molar-refractivity contribution in [1.82, 2.24) is 4.98 Å². The largest absolute Gasteiger partial charge is 0.396 e. The summed E-state index contributed by atoms with van der Waals surface area (Å²) in [4.78, 5) is 26.3. The molecule has 1 heterocycles. The second kappa shape index (κ2) is 6.16. The van der Waals surface area contributed by atoms with Crippen LogP contribution in [0.25, 0.3) is 0 Å². The van der Waals surface area contributed by atoms with Gasteiger partial charge in [0.15, 0.2) is 0 Å². The second-order valence-electron chi connectivity index (χ2n) is 4.49. The van der Waals surface area contributed by atoms with Gasteiger partial charge in [-0.25, -0.2) is 0 Å². The van der Waals surface area contributed by atoms with Gasteiger partial charge in [0.2, 0.25) is 0 Å². The highest BCUT2D eigenvalue weighted by Gasteiger charge is 2.13. The van der Waals surface area contributed by atoms with Gasteiger partial charge < -0.3 is 15.4 Å². The molecule has 1 aromatic heterocycles. The zero-order valence-electron chi connectivity index (χ0n) is 11.1. The van der Waals surface area contributed by atoms with Crippen LogP contribution in [0.5, 0.6) is 0 Å². The van der Waals surface area contributed by atoms with Crippen molar-refractivity contribution >= 4 is 11.6 Å². The van der Waals surface area contributed by atoms with Crippen molar-refractivity contribution in [2.75, 3.05) is 11.9 Å². The van der Waals surface area contributed by atoms with Gasteiger partial charge in [-0.3, -0.25) is 9.59 Å². The van der Waals surface area contributed by atoms with E-state index in [1.54, 1.807) is 25.1 Å². The lowest BCUT2D eigenvalue weighted by molar-refractivity contribution is 0.102. The smallest absolute Gasteiger partial charge is 0.261 e. The van der Waals surface area contributed by atoms with E-state index in [1.807, 2.05) is 12.1 Å². The lowest BCUT2D eigenvalue weighted by Gasteiger charge is -2.07. The molecule has 0 aliphatic rings. The predicted octanol–water partition coefficient (Wildman–Crippen LogP) is 1.47. The summed E-state index contributed by atoms with van der Waals surface area (Å²) >= 11 is 0. The maximum Gasteiger partial charge on any atom is 0.261 e. The fourth-order valence-electron chi connectivity index (χ4n) is 1.94. The Morgan fingerprint density at radius 1 is 1.25 bits per heavy atom. The molecule has 3 N–H and O–H groups in total. The van der Waals surface area contributed by atoms with Crippen molar-refractivity contribution < 1.29 is 9.90 Å². The molecular weight excluding hydrogens is 256 g/mol. The molecule has 1 amide bonds.